The van der Waals surface area contributed by atoms with Gasteiger partial charge in [-0.1, -0.05) is 199 Å². The third-order valence-corrected chi connectivity index (χ3v) is 11.1. The van der Waals surface area contributed by atoms with Crippen molar-refractivity contribution in [1.82, 2.24) is 5.32 Å². The molecule has 1 amide bonds. The Kier molecular flexibility index (Phi) is 34.2. The zero-order valence-corrected chi connectivity index (χ0v) is 35.0. The summed E-state index contributed by atoms with van der Waals surface area (Å²) in [6.45, 7) is 3.77. The zero-order chi connectivity index (χ0) is 39.5. The van der Waals surface area contributed by atoms with Gasteiger partial charge in [-0.25, -0.2) is 0 Å². The second-order valence-electron chi connectivity index (χ2n) is 16.2. The fraction of sp³-hybridized carbons (Fsp3) is 0.933. The van der Waals surface area contributed by atoms with Gasteiger partial charge in [0.1, 0.15) is 24.4 Å². The largest absolute Gasteiger partial charge is 0.394 e. The maximum atomic E-state index is 12.9. The molecule has 320 valence electrons. The standard InChI is InChI=1S/C45H87NO8/c1-3-5-7-9-11-13-15-17-18-19-20-21-22-23-25-27-29-31-33-35-41(49)46-38(37-53-45-44(52)43(51)42(50)40(36-47)54-45)39(48)34-32-30-28-26-24-16-14-12-10-8-6-4-2/h32,34,38-40,42-45,47-48,50-52H,3-31,33,35-37H2,1-2H3,(H,46,49)/b34-32+/t38-,39+,40+,42+,43?,44?,45+/m0/s1. The molecule has 0 saturated carbocycles. The van der Waals surface area contributed by atoms with Crippen molar-refractivity contribution in [2.45, 2.75) is 256 Å². The predicted molar refractivity (Wildman–Crippen MR) is 221 cm³/mol. The van der Waals surface area contributed by atoms with E-state index in [1.54, 1.807) is 6.08 Å². The lowest BCUT2D eigenvalue weighted by Crippen LogP contribution is -2.60. The highest BCUT2D eigenvalue weighted by molar-refractivity contribution is 5.76. The van der Waals surface area contributed by atoms with Crippen molar-refractivity contribution in [3.8, 4) is 0 Å². The molecule has 1 heterocycles. The number of nitrogens with one attached hydrogen (secondary N) is 1. The first kappa shape index (κ1) is 50.9. The molecule has 54 heavy (non-hydrogen) atoms. The highest BCUT2D eigenvalue weighted by atomic mass is 16.7. The van der Waals surface area contributed by atoms with E-state index in [9.17, 15) is 30.3 Å². The normalized spacial score (nSPS) is 21.5. The lowest BCUT2D eigenvalue weighted by atomic mass is 9.99. The Morgan fingerprint density at radius 1 is 0.611 bits per heavy atom. The maximum Gasteiger partial charge on any atom is 0.220 e. The van der Waals surface area contributed by atoms with E-state index in [1.165, 1.54) is 154 Å². The van der Waals surface area contributed by atoms with E-state index < -0.39 is 49.5 Å². The number of carbonyl (C=O) groups is 1. The minimum Gasteiger partial charge on any atom is -0.394 e. The molecule has 0 aromatic carbocycles. The number of aliphatic hydroxyl groups excluding tert-OH is 5. The van der Waals surface area contributed by atoms with E-state index in [0.717, 1.165) is 38.5 Å². The van der Waals surface area contributed by atoms with Crippen LogP contribution in [0.15, 0.2) is 12.2 Å². The first-order valence-corrected chi connectivity index (χ1v) is 22.9. The van der Waals surface area contributed by atoms with E-state index in [1.807, 2.05) is 6.08 Å². The Morgan fingerprint density at radius 3 is 1.44 bits per heavy atom. The molecular formula is C45H87NO8. The molecule has 1 rings (SSSR count). The zero-order valence-electron chi connectivity index (χ0n) is 35.0. The Labute approximate surface area is 331 Å². The van der Waals surface area contributed by atoms with Crippen LogP contribution in [0.4, 0.5) is 0 Å². The topological polar surface area (TPSA) is 149 Å². The Hall–Kier alpha value is -1.07. The van der Waals surface area contributed by atoms with Gasteiger partial charge in [0.25, 0.3) is 0 Å². The van der Waals surface area contributed by atoms with E-state index in [-0.39, 0.29) is 12.5 Å². The molecule has 1 fully saturated rings. The van der Waals surface area contributed by atoms with Crippen molar-refractivity contribution >= 4 is 5.91 Å². The number of hydrogen-bond acceptors (Lipinski definition) is 8. The maximum absolute atomic E-state index is 12.9. The summed E-state index contributed by atoms with van der Waals surface area (Å²) in [6, 6.07) is -0.797. The van der Waals surface area contributed by atoms with Gasteiger partial charge in [-0.05, 0) is 19.3 Å². The Bertz CT molecular complexity index is 858. The van der Waals surface area contributed by atoms with Crippen LogP contribution in [0.3, 0.4) is 0 Å². The molecule has 0 aromatic rings. The predicted octanol–water partition coefficient (Wildman–Crippen LogP) is 9.34. The summed E-state index contributed by atoms with van der Waals surface area (Å²) >= 11 is 0. The van der Waals surface area contributed by atoms with E-state index in [4.69, 9.17) is 9.47 Å². The average molecular weight is 770 g/mol. The summed E-state index contributed by atoms with van der Waals surface area (Å²) in [6.07, 6.45) is 34.0. The second-order valence-corrected chi connectivity index (χ2v) is 16.2. The SMILES string of the molecule is CCCCCCCCCCCC/C=C/[C@@H](O)[C@H](CO[C@@H]1O[C@H](CO)[C@@H](O)C(O)C1O)NC(=O)CCCCCCCCCCCCCCCCCCCCC. The summed E-state index contributed by atoms with van der Waals surface area (Å²) in [5, 5.41) is 54.1. The highest BCUT2D eigenvalue weighted by Crippen LogP contribution is 2.23. The molecule has 0 aromatic heterocycles. The fourth-order valence-electron chi connectivity index (χ4n) is 7.39. The van der Waals surface area contributed by atoms with Crippen LogP contribution in [0.2, 0.25) is 0 Å². The number of ether oxygens (including phenoxy) is 2. The second kappa shape index (κ2) is 36.3. The number of unbranched alkanes of at least 4 members (excludes halogenated alkanes) is 28. The van der Waals surface area contributed by atoms with Crippen molar-refractivity contribution in [1.29, 1.82) is 0 Å². The summed E-state index contributed by atoms with van der Waals surface area (Å²) < 4.78 is 11.2. The van der Waals surface area contributed by atoms with Crippen LogP contribution in [0.5, 0.6) is 0 Å². The molecule has 2 unspecified atom stereocenters. The van der Waals surface area contributed by atoms with Crippen molar-refractivity contribution in [3.05, 3.63) is 12.2 Å². The van der Waals surface area contributed by atoms with Gasteiger partial charge >= 0.3 is 0 Å². The summed E-state index contributed by atoms with van der Waals surface area (Å²) in [7, 11) is 0. The molecule has 0 bridgehead atoms. The van der Waals surface area contributed by atoms with Gasteiger partial charge in [-0.2, -0.15) is 0 Å². The van der Waals surface area contributed by atoms with Crippen molar-refractivity contribution in [3.63, 3.8) is 0 Å². The Morgan fingerprint density at radius 2 is 1.02 bits per heavy atom. The van der Waals surface area contributed by atoms with Gasteiger partial charge in [0, 0.05) is 6.42 Å². The van der Waals surface area contributed by atoms with Crippen LogP contribution in [0, 0.1) is 0 Å². The summed E-state index contributed by atoms with van der Waals surface area (Å²) in [5.74, 6) is -0.175. The smallest absolute Gasteiger partial charge is 0.220 e. The van der Waals surface area contributed by atoms with Crippen LogP contribution in [-0.4, -0.2) is 87.5 Å². The lowest BCUT2D eigenvalue weighted by Gasteiger charge is -2.40. The van der Waals surface area contributed by atoms with Gasteiger partial charge in [0.2, 0.25) is 5.91 Å². The van der Waals surface area contributed by atoms with Gasteiger partial charge in [-0.15, -0.1) is 0 Å². The third-order valence-electron chi connectivity index (χ3n) is 11.1. The van der Waals surface area contributed by atoms with Crippen LogP contribution in [-0.2, 0) is 14.3 Å². The molecule has 0 aliphatic carbocycles. The highest BCUT2D eigenvalue weighted by Gasteiger charge is 2.44. The van der Waals surface area contributed by atoms with Crippen LogP contribution in [0.25, 0.3) is 0 Å². The number of rotatable bonds is 38. The van der Waals surface area contributed by atoms with E-state index >= 15 is 0 Å². The van der Waals surface area contributed by atoms with E-state index in [2.05, 4.69) is 19.2 Å². The number of allylic oxidation sites excluding steroid dienone is 1. The molecular weight excluding hydrogens is 682 g/mol. The quantitative estimate of drug-likeness (QED) is 0.0269. The minimum atomic E-state index is -1.56. The molecule has 9 heteroatoms. The van der Waals surface area contributed by atoms with Crippen LogP contribution < -0.4 is 5.32 Å². The molecule has 7 atom stereocenters. The molecule has 0 spiro atoms. The molecule has 1 aliphatic rings. The summed E-state index contributed by atoms with van der Waals surface area (Å²) in [5.41, 5.74) is 0. The van der Waals surface area contributed by atoms with Crippen molar-refractivity contribution < 1.29 is 39.8 Å². The molecule has 9 nitrogen and oxygen atoms in total. The van der Waals surface area contributed by atoms with Crippen LogP contribution in [0.1, 0.15) is 213 Å². The molecule has 1 aliphatic heterocycles. The first-order chi connectivity index (χ1) is 26.3. The minimum absolute atomic E-state index is 0.175. The molecule has 6 N–H and O–H groups in total. The molecule has 1 saturated heterocycles. The lowest BCUT2D eigenvalue weighted by molar-refractivity contribution is -0.302. The van der Waals surface area contributed by atoms with Gasteiger partial charge in [0.15, 0.2) is 6.29 Å². The van der Waals surface area contributed by atoms with E-state index in [0.29, 0.717) is 6.42 Å². The average Bonchev–Trinajstić information content (AvgIpc) is 3.17. The van der Waals surface area contributed by atoms with Crippen LogP contribution >= 0.6 is 0 Å². The summed E-state index contributed by atoms with van der Waals surface area (Å²) in [4.78, 5) is 12.9. The first-order valence-electron chi connectivity index (χ1n) is 22.9. The van der Waals surface area contributed by atoms with Crippen molar-refractivity contribution in [2.24, 2.45) is 0 Å². The number of aliphatic hydroxyl groups is 5. The number of hydrogen-bond donors (Lipinski definition) is 6. The number of amides is 1. The third kappa shape index (κ3) is 26.7. The van der Waals surface area contributed by atoms with Gasteiger partial charge in [-0.3, -0.25) is 4.79 Å². The number of carbonyl (C=O) groups excluding carboxylic acids is 1. The van der Waals surface area contributed by atoms with Gasteiger partial charge < -0.3 is 40.3 Å². The monoisotopic (exact) mass is 770 g/mol. The fourth-order valence-corrected chi connectivity index (χ4v) is 7.39. The molecule has 0 radical (unpaired) electrons. The van der Waals surface area contributed by atoms with Gasteiger partial charge in [0.05, 0.1) is 25.4 Å². The van der Waals surface area contributed by atoms with Crippen molar-refractivity contribution in [2.75, 3.05) is 13.2 Å². The Balaban J connectivity index is 2.31.